The number of hydrogen-bond donors (Lipinski definition) is 0. The van der Waals surface area contributed by atoms with Gasteiger partial charge in [-0.05, 0) is 18.6 Å². The Bertz CT molecular complexity index is 481. The van der Waals surface area contributed by atoms with E-state index in [0.717, 1.165) is 0 Å². The molecule has 0 radical (unpaired) electrons. The van der Waals surface area contributed by atoms with Crippen LogP contribution in [0.5, 0.6) is 0 Å². The number of hydrogen-bond acceptors (Lipinski definition) is 4. The Balaban J connectivity index is 3.19. The van der Waals surface area contributed by atoms with E-state index in [4.69, 9.17) is 5.26 Å². The van der Waals surface area contributed by atoms with Crippen molar-refractivity contribution in [2.24, 2.45) is 0 Å². The highest BCUT2D eigenvalue weighted by Gasteiger charge is 2.18. The summed E-state index contributed by atoms with van der Waals surface area (Å²) in [4.78, 5) is 14.7. The first kappa shape index (κ1) is 13.0. The molecule has 6 heteroatoms. The van der Waals surface area contributed by atoms with Crippen LogP contribution >= 0.6 is 0 Å². The highest BCUT2D eigenvalue weighted by molar-refractivity contribution is 5.72. The second kappa shape index (κ2) is 5.34. The number of aryl methyl sites for hydroxylation is 1. The van der Waals surface area contributed by atoms with Crippen LogP contribution in [0.15, 0.2) is 6.07 Å². The van der Waals surface area contributed by atoms with Crippen molar-refractivity contribution in [1.29, 1.82) is 5.26 Å². The molecule has 1 aromatic rings. The van der Waals surface area contributed by atoms with E-state index in [9.17, 15) is 13.6 Å². The predicted octanol–water partition coefficient (Wildman–Crippen LogP) is 1.91. The summed E-state index contributed by atoms with van der Waals surface area (Å²) >= 11 is 0. The molecular weight excluding hydrogens is 230 g/mol. The lowest BCUT2D eigenvalue weighted by Crippen LogP contribution is -2.09. The zero-order chi connectivity index (χ0) is 13.0. The van der Waals surface area contributed by atoms with Gasteiger partial charge in [-0.15, -0.1) is 0 Å². The molecule has 1 rings (SSSR count). The number of halogens is 2. The number of nitriles is 1. The zero-order valence-electron chi connectivity index (χ0n) is 9.33. The van der Waals surface area contributed by atoms with Gasteiger partial charge >= 0.3 is 5.97 Å². The van der Waals surface area contributed by atoms with Gasteiger partial charge < -0.3 is 4.74 Å². The molecule has 0 aliphatic rings. The predicted molar refractivity (Wildman–Crippen MR) is 54.4 cm³/mol. The van der Waals surface area contributed by atoms with Crippen LogP contribution in [0.25, 0.3) is 0 Å². The first-order valence-corrected chi connectivity index (χ1v) is 4.75. The normalized spacial score (nSPS) is 10.1. The van der Waals surface area contributed by atoms with E-state index in [0.29, 0.717) is 11.3 Å². The zero-order valence-corrected chi connectivity index (χ0v) is 9.33. The minimum Gasteiger partial charge on any atom is -0.469 e. The number of rotatable bonds is 3. The van der Waals surface area contributed by atoms with Gasteiger partial charge in [0.15, 0.2) is 0 Å². The molecule has 90 valence electrons. The third-order valence-corrected chi connectivity index (χ3v) is 2.24. The average Bonchev–Trinajstić information content (AvgIpc) is 2.30. The Morgan fingerprint density at radius 1 is 1.65 bits per heavy atom. The van der Waals surface area contributed by atoms with Gasteiger partial charge in [0, 0.05) is 5.69 Å². The number of ether oxygens (including phenoxy) is 1. The summed E-state index contributed by atoms with van der Waals surface area (Å²) in [5.74, 6) is -0.511. The van der Waals surface area contributed by atoms with Crippen LogP contribution in [0.1, 0.15) is 28.9 Å². The van der Waals surface area contributed by atoms with Crippen molar-refractivity contribution >= 4 is 5.97 Å². The first-order chi connectivity index (χ1) is 7.99. The fourth-order valence-electron chi connectivity index (χ4n) is 1.33. The summed E-state index contributed by atoms with van der Waals surface area (Å²) in [7, 11) is 1.23. The number of carbonyl (C=O) groups is 1. The van der Waals surface area contributed by atoms with E-state index < -0.39 is 18.1 Å². The van der Waals surface area contributed by atoms with Gasteiger partial charge in [-0.2, -0.15) is 5.26 Å². The molecule has 0 saturated heterocycles. The molecule has 4 nitrogen and oxygen atoms in total. The minimum absolute atomic E-state index is 0.0898. The number of esters is 1. The number of nitrogens with zero attached hydrogens (tertiary/aromatic N) is 2. The lowest BCUT2D eigenvalue weighted by molar-refractivity contribution is -0.139. The van der Waals surface area contributed by atoms with Gasteiger partial charge in [0.1, 0.15) is 11.8 Å². The Kier molecular flexibility index (Phi) is 4.10. The lowest BCUT2D eigenvalue weighted by atomic mass is 10.1. The number of methoxy groups -OCH3 is 1. The molecule has 0 fully saturated rings. The molecule has 0 aliphatic carbocycles. The van der Waals surface area contributed by atoms with E-state index in [1.54, 1.807) is 6.07 Å². The van der Waals surface area contributed by atoms with Crippen molar-refractivity contribution in [3.8, 4) is 6.07 Å². The molecule has 0 aromatic carbocycles. The van der Waals surface area contributed by atoms with Crippen molar-refractivity contribution in [3.05, 3.63) is 28.6 Å². The molecule has 0 atom stereocenters. The van der Waals surface area contributed by atoms with E-state index >= 15 is 0 Å². The number of carbonyl (C=O) groups excluding carboxylic acids is 1. The van der Waals surface area contributed by atoms with Gasteiger partial charge in [0.25, 0.3) is 6.43 Å². The number of pyridine rings is 1. The Hall–Kier alpha value is -2.03. The summed E-state index contributed by atoms with van der Waals surface area (Å²) in [5.41, 5.74) is -0.0642. The maximum Gasteiger partial charge on any atom is 0.310 e. The summed E-state index contributed by atoms with van der Waals surface area (Å²) in [6.45, 7) is 1.51. The SMILES string of the molecule is COC(=O)Cc1cc(C#N)c(C(F)F)nc1C. The fraction of sp³-hybridized carbons (Fsp3) is 0.364. The minimum atomic E-state index is -2.81. The van der Waals surface area contributed by atoms with Crippen molar-refractivity contribution in [2.45, 2.75) is 19.8 Å². The molecular formula is C11H10F2N2O2. The van der Waals surface area contributed by atoms with Crippen LogP contribution in [0.4, 0.5) is 8.78 Å². The number of alkyl halides is 2. The first-order valence-electron chi connectivity index (χ1n) is 4.75. The van der Waals surface area contributed by atoms with Gasteiger partial charge in [-0.1, -0.05) is 0 Å². The molecule has 0 unspecified atom stereocenters. The number of aromatic nitrogens is 1. The largest absolute Gasteiger partial charge is 0.469 e. The second-order valence-corrected chi connectivity index (χ2v) is 3.33. The Morgan fingerprint density at radius 2 is 2.29 bits per heavy atom. The van der Waals surface area contributed by atoms with Crippen LogP contribution in [-0.4, -0.2) is 18.1 Å². The Labute approximate surface area is 96.8 Å². The van der Waals surface area contributed by atoms with Crippen molar-refractivity contribution in [2.75, 3.05) is 7.11 Å². The highest BCUT2D eigenvalue weighted by atomic mass is 19.3. The molecule has 0 amide bonds. The van der Waals surface area contributed by atoms with E-state index in [1.807, 2.05) is 0 Å². The van der Waals surface area contributed by atoms with Gasteiger partial charge in [-0.25, -0.2) is 8.78 Å². The summed E-state index contributed by atoms with van der Waals surface area (Å²) in [6.07, 6.45) is -2.90. The summed E-state index contributed by atoms with van der Waals surface area (Å²) in [5, 5.41) is 8.73. The van der Waals surface area contributed by atoms with Crippen LogP contribution in [0, 0.1) is 18.3 Å². The maximum absolute atomic E-state index is 12.5. The maximum atomic E-state index is 12.5. The topological polar surface area (TPSA) is 63.0 Å². The van der Waals surface area contributed by atoms with Gasteiger partial charge in [0.2, 0.25) is 0 Å². The van der Waals surface area contributed by atoms with Crippen LogP contribution in [-0.2, 0) is 16.0 Å². The quantitative estimate of drug-likeness (QED) is 0.757. The third kappa shape index (κ3) is 2.97. The van der Waals surface area contributed by atoms with Crippen LogP contribution < -0.4 is 0 Å². The smallest absolute Gasteiger partial charge is 0.310 e. The molecule has 17 heavy (non-hydrogen) atoms. The molecule has 1 heterocycles. The van der Waals surface area contributed by atoms with Crippen LogP contribution in [0.3, 0.4) is 0 Å². The standard InChI is InChI=1S/C11H10F2N2O2/c1-6-7(4-9(16)17-2)3-8(5-14)10(15-6)11(12)13/h3,11H,4H2,1-2H3. The summed E-state index contributed by atoms with van der Waals surface area (Å²) < 4.78 is 29.6. The van der Waals surface area contributed by atoms with Crippen molar-refractivity contribution < 1.29 is 18.3 Å². The van der Waals surface area contributed by atoms with Crippen LogP contribution in [0.2, 0.25) is 0 Å². The fourth-order valence-corrected chi connectivity index (χ4v) is 1.33. The average molecular weight is 240 g/mol. The van der Waals surface area contributed by atoms with E-state index in [2.05, 4.69) is 9.72 Å². The van der Waals surface area contributed by atoms with E-state index in [-0.39, 0.29) is 12.0 Å². The molecule has 0 bridgehead atoms. The summed E-state index contributed by atoms with van der Waals surface area (Å²) in [6, 6.07) is 2.89. The van der Waals surface area contributed by atoms with E-state index in [1.165, 1.54) is 20.1 Å². The third-order valence-electron chi connectivity index (χ3n) is 2.24. The second-order valence-electron chi connectivity index (χ2n) is 3.33. The monoisotopic (exact) mass is 240 g/mol. The van der Waals surface area contributed by atoms with Gasteiger partial charge in [-0.3, -0.25) is 9.78 Å². The van der Waals surface area contributed by atoms with Crippen molar-refractivity contribution in [3.63, 3.8) is 0 Å². The van der Waals surface area contributed by atoms with Gasteiger partial charge in [0.05, 0.1) is 19.1 Å². The molecule has 0 aliphatic heterocycles. The highest BCUT2D eigenvalue weighted by Crippen LogP contribution is 2.23. The lowest BCUT2D eigenvalue weighted by Gasteiger charge is -2.08. The molecule has 0 spiro atoms. The Morgan fingerprint density at radius 3 is 2.76 bits per heavy atom. The van der Waals surface area contributed by atoms with Crippen molar-refractivity contribution in [1.82, 2.24) is 4.98 Å². The molecule has 0 saturated carbocycles. The molecule has 0 N–H and O–H groups in total. The molecule has 1 aromatic heterocycles.